The van der Waals surface area contributed by atoms with E-state index in [1.807, 2.05) is 60.7 Å². The van der Waals surface area contributed by atoms with Gasteiger partial charge in [0.1, 0.15) is 17.1 Å². The fraction of sp³-hybridized carbons (Fsp3) is 0.333. The number of hydrogen-bond donors (Lipinski definition) is 3. The molecule has 222 valence electrons. The van der Waals surface area contributed by atoms with Gasteiger partial charge in [-0.1, -0.05) is 23.7 Å². The van der Waals surface area contributed by atoms with Gasteiger partial charge >= 0.3 is 0 Å². The first-order valence-electron chi connectivity index (χ1n) is 13.7. The Kier molecular flexibility index (Phi) is 8.91. The number of nitrogens with zero attached hydrogens (tertiary/aromatic N) is 3. The number of H-pyrrole nitrogens is 1. The number of likely N-dealkylation sites (N-methyl/N-ethyl adjacent to an activating group) is 1. The lowest BCUT2D eigenvalue weighted by Gasteiger charge is -2.33. The molecule has 5 rings (SSSR count). The van der Waals surface area contributed by atoms with Crippen LogP contribution in [-0.2, 0) is 21.4 Å². The van der Waals surface area contributed by atoms with Gasteiger partial charge in [0, 0.05) is 45.3 Å². The van der Waals surface area contributed by atoms with Crippen LogP contribution in [0.4, 0.5) is 11.4 Å². The fourth-order valence-corrected chi connectivity index (χ4v) is 5.67. The van der Waals surface area contributed by atoms with Crippen molar-refractivity contribution in [3.8, 4) is 17.1 Å². The van der Waals surface area contributed by atoms with Gasteiger partial charge in [-0.25, -0.2) is 13.4 Å². The van der Waals surface area contributed by atoms with Crippen LogP contribution in [0.25, 0.3) is 22.4 Å². The third-order valence-corrected chi connectivity index (χ3v) is 9.04. The largest absolute Gasteiger partial charge is 0.484 e. The first kappa shape index (κ1) is 29.7. The van der Waals surface area contributed by atoms with E-state index in [0.717, 1.165) is 66.1 Å². The van der Waals surface area contributed by atoms with Crippen LogP contribution in [-0.4, -0.2) is 75.3 Å². The van der Waals surface area contributed by atoms with E-state index in [1.165, 1.54) is 10.6 Å². The van der Waals surface area contributed by atoms with Crippen LogP contribution in [0.15, 0.2) is 60.7 Å². The molecule has 42 heavy (non-hydrogen) atoms. The number of hydrogen-bond acceptors (Lipinski definition) is 7. The van der Waals surface area contributed by atoms with Crippen LogP contribution in [0.3, 0.4) is 0 Å². The Morgan fingerprint density at radius 1 is 1.10 bits per heavy atom. The molecular weight excluding hydrogens is 576 g/mol. The predicted molar refractivity (Wildman–Crippen MR) is 168 cm³/mol. The molecule has 1 aromatic heterocycles. The van der Waals surface area contributed by atoms with Gasteiger partial charge in [-0.15, -0.1) is 0 Å². The number of sulfonamides is 1. The molecule has 3 N–H and O–H groups in total. The van der Waals surface area contributed by atoms with Crippen molar-refractivity contribution in [1.82, 2.24) is 20.2 Å². The molecule has 0 unspecified atom stereocenters. The highest BCUT2D eigenvalue weighted by Gasteiger charge is 2.22. The van der Waals surface area contributed by atoms with Gasteiger partial charge in [-0.05, 0) is 66.9 Å². The van der Waals surface area contributed by atoms with Crippen LogP contribution >= 0.6 is 11.6 Å². The van der Waals surface area contributed by atoms with Gasteiger partial charge in [0.15, 0.2) is 6.61 Å². The third-order valence-electron chi connectivity index (χ3n) is 7.52. The number of rotatable bonds is 10. The second kappa shape index (κ2) is 12.6. The summed E-state index contributed by atoms with van der Waals surface area (Å²) in [6.45, 7) is 2.63. The summed E-state index contributed by atoms with van der Waals surface area (Å²) >= 11 is 6.65. The van der Waals surface area contributed by atoms with Crippen LogP contribution < -0.4 is 19.7 Å². The number of benzene rings is 3. The Balaban J connectivity index is 1.21. The number of nitrogens with one attached hydrogen (secondary N) is 3. The summed E-state index contributed by atoms with van der Waals surface area (Å²) in [5.41, 5.74) is 5.20. The van der Waals surface area contributed by atoms with Crippen molar-refractivity contribution in [3.63, 3.8) is 0 Å². The molecule has 10 nitrogen and oxygen atoms in total. The lowest BCUT2D eigenvalue weighted by Crippen LogP contribution is -2.38. The summed E-state index contributed by atoms with van der Waals surface area (Å²) in [5.74, 6) is 1.13. The lowest BCUT2D eigenvalue weighted by atomic mass is 10.0. The highest BCUT2D eigenvalue weighted by molar-refractivity contribution is 7.92. The fourth-order valence-electron chi connectivity index (χ4n) is 4.96. The van der Waals surface area contributed by atoms with E-state index in [-0.39, 0.29) is 18.6 Å². The molecule has 12 heteroatoms. The van der Waals surface area contributed by atoms with Gasteiger partial charge in [0.2, 0.25) is 10.0 Å². The Bertz CT molecular complexity index is 1650. The van der Waals surface area contributed by atoms with E-state index >= 15 is 0 Å². The van der Waals surface area contributed by atoms with Crippen LogP contribution in [0.1, 0.15) is 18.4 Å². The van der Waals surface area contributed by atoms with Gasteiger partial charge in [0.25, 0.3) is 5.91 Å². The molecule has 1 amide bonds. The summed E-state index contributed by atoms with van der Waals surface area (Å²) < 4.78 is 30.4. The summed E-state index contributed by atoms with van der Waals surface area (Å²) in [7, 11) is -0.149. The Morgan fingerprint density at radius 3 is 2.43 bits per heavy atom. The minimum Gasteiger partial charge on any atom is -0.484 e. The van der Waals surface area contributed by atoms with Crippen molar-refractivity contribution >= 4 is 49.9 Å². The lowest BCUT2D eigenvalue weighted by molar-refractivity contribution is -0.122. The first-order valence-corrected chi connectivity index (χ1v) is 16.0. The van der Waals surface area contributed by atoms with Gasteiger partial charge < -0.3 is 20.4 Å². The van der Waals surface area contributed by atoms with Crippen molar-refractivity contribution in [2.75, 3.05) is 49.7 Å². The molecule has 1 aliphatic rings. The van der Waals surface area contributed by atoms with Gasteiger partial charge in [0.05, 0.1) is 28.2 Å². The highest BCUT2D eigenvalue weighted by Crippen LogP contribution is 2.34. The molecule has 0 radical (unpaired) electrons. The number of imidazole rings is 1. The zero-order valence-electron chi connectivity index (χ0n) is 23.9. The molecule has 1 aliphatic heterocycles. The molecule has 0 aliphatic carbocycles. The van der Waals surface area contributed by atoms with Crippen LogP contribution in [0.5, 0.6) is 5.75 Å². The average Bonchev–Trinajstić information content (AvgIpc) is 3.43. The molecule has 0 saturated carbocycles. The molecule has 4 aromatic rings. The van der Waals surface area contributed by atoms with Crippen LogP contribution in [0.2, 0.25) is 5.02 Å². The molecule has 1 saturated heterocycles. The van der Waals surface area contributed by atoms with Gasteiger partial charge in [-0.3, -0.25) is 14.0 Å². The molecular formula is C30H35ClN6O4S. The van der Waals surface area contributed by atoms with Crippen molar-refractivity contribution in [2.24, 2.45) is 0 Å². The monoisotopic (exact) mass is 610 g/mol. The maximum absolute atomic E-state index is 11.8. The van der Waals surface area contributed by atoms with Crippen molar-refractivity contribution in [1.29, 1.82) is 0 Å². The zero-order valence-corrected chi connectivity index (χ0v) is 25.4. The molecule has 0 spiro atoms. The zero-order chi connectivity index (χ0) is 29.9. The second-order valence-electron chi connectivity index (χ2n) is 10.5. The molecule has 1 fully saturated rings. The number of carbonyl (C=O) groups excluding carboxylic acids is 1. The number of aromatic amines is 1. The standard InChI is InChI=1S/C30H35ClN6O4S/c1-32-27(38)19-41-24-10-6-21(7-11-24)30-34-26-13-12-25(31)28(29(26)35-30)33-22-14-16-37(17-15-22)18-20-4-8-23(9-5-20)36(2)42(3,39)40/h4-13,22,33H,14-19H2,1-3H3,(H,32,38)(H,34,35). The number of halogens is 1. The maximum atomic E-state index is 11.8. The van der Waals surface area contributed by atoms with Gasteiger partial charge in [-0.2, -0.15) is 0 Å². The summed E-state index contributed by atoms with van der Waals surface area (Å²) in [4.78, 5) is 22.1. The summed E-state index contributed by atoms with van der Waals surface area (Å²) in [6.07, 6.45) is 3.11. The number of amides is 1. The quantitative estimate of drug-likeness (QED) is 0.242. The predicted octanol–water partition coefficient (Wildman–Crippen LogP) is 4.48. The second-order valence-corrected chi connectivity index (χ2v) is 12.9. The normalized spacial score (nSPS) is 14.6. The van der Waals surface area contributed by atoms with E-state index in [1.54, 1.807) is 14.1 Å². The SMILES string of the molecule is CNC(=O)COc1ccc(-c2nc3c(NC4CCN(Cc5ccc(N(C)S(C)(=O)=O)cc5)CC4)c(Cl)ccc3[nH]2)cc1. The first-order chi connectivity index (χ1) is 20.1. The number of ether oxygens (including phenoxy) is 1. The van der Waals surface area contributed by atoms with Crippen molar-refractivity contribution in [2.45, 2.75) is 25.4 Å². The van der Waals surface area contributed by atoms with E-state index in [4.69, 9.17) is 21.3 Å². The number of anilines is 2. The van der Waals surface area contributed by atoms with Crippen molar-refractivity contribution < 1.29 is 17.9 Å². The molecule has 0 atom stereocenters. The minimum atomic E-state index is -3.28. The topological polar surface area (TPSA) is 120 Å². The summed E-state index contributed by atoms with van der Waals surface area (Å²) in [6, 6.07) is 19.2. The maximum Gasteiger partial charge on any atom is 0.257 e. The summed E-state index contributed by atoms with van der Waals surface area (Å²) in [5, 5.41) is 6.81. The highest BCUT2D eigenvalue weighted by atomic mass is 35.5. The average molecular weight is 611 g/mol. The van der Waals surface area contributed by atoms with E-state index in [9.17, 15) is 13.2 Å². The third kappa shape index (κ3) is 6.97. The molecule has 0 bridgehead atoms. The number of aromatic nitrogens is 2. The molecule has 3 aromatic carbocycles. The number of likely N-dealkylation sites (tertiary alicyclic amines) is 1. The van der Waals surface area contributed by atoms with E-state index in [0.29, 0.717) is 16.5 Å². The van der Waals surface area contributed by atoms with E-state index in [2.05, 4.69) is 20.5 Å². The Labute approximate surface area is 251 Å². The number of piperidine rings is 1. The Hall–Kier alpha value is -3.80. The van der Waals surface area contributed by atoms with E-state index < -0.39 is 10.0 Å². The molecule has 2 heterocycles. The number of carbonyl (C=O) groups is 1. The minimum absolute atomic E-state index is 0.0366. The van der Waals surface area contributed by atoms with Crippen molar-refractivity contribution in [3.05, 3.63) is 71.2 Å². The Morgan fingerprint density at radius 2 is 1.79 bits per heavy atom. The smallest absolute Gasteiger partial charge is 0.257 e. The van der Waals surface area contributed by atoms with Crippen LogP contribution in [0, 0.1) is 0 Å². The number of fused-ring (bicyclic) bond motifs is 1.